The van der Waals surface area contributed by atoms with Gasteiger partial charge < -0.3 is 15.4 Å². The molecule has 0 aliphatic carbocycles. The van der Waals surface area contributed by atoms with Gasteiger partial charge in [-0.3, -0.25) is 4.79 Å². The summed E-state index contributed by atoms with van der Waals surface area (Å²) < 4.78 is 5.41. The maximum absolute atomic E-state index is 11.4. The van der Waals surface area contributed by atoms with Gasteiger partial charge in [0, 0.05) is 13.6 Å². The van der Waals surface area contributed by atoms with Crippen molar-refractivity contribution in [2.24, 2.45) is 5.73 Å². The predicted molar refractivity (Wildman–Crippen MR) is 77.6 cm³/mol. The first-order valence-electron chi connectivity index (χ1n) is 6.50. The quantitative estimate of drug-likeness (QED) is 0.878. The first-order valence-corrected chi connectivity index (χ1v) is 6.50. The molecule has 0 unspecified atom stereocenters. The molecular formula is C15H24N2O2. The number of hydrogen-bond acceptors (Lipinski definition) is 3. The van der Waals surface area contributed by atoms with Gasteiger partial charge in [-0.2, -0.15) is 0 Å². The highest BCUT2D eigenvalue weighted by Gasteiger charge is 2.12. The summed E-state index contributed by atoms with van der Waals surface area (Å²) in [6, 6.07) is 2.14. The molecule has 1 aromatic rings. The first-order chi connectivity index (χ1) is 8.92. The van der Waals surface area contributed by atoms with E-state index in [2.05, 4.69) is 19.9 Å². The van der Waals surface area contributed by atoms with E-state index >= 15 is 0 Å². The fourth-order valence-corrected chi connectivity index (χ4v) is 2.28. The normalized spacial score (nSPS) is 10.4. The highest BCUT2D eigenvalue weighted by Crippen LogP contribution is 2.28. The van der Waals surface area contributed by atoms with Crippen LogP contribution in [0.5, 0.6) is 5.75 Å². The summed E-state index contributed by atoms with van der Waals surface area (Å²) in [5.41, 5.74) is 10.1. The standard InChI is InChI=1S/C15H24N2O2/c1-10-8-13(6-7-17(4)14(18)9-16)11(2)12(3)15(10)19-5/h8H,6-7,9,16H2,1-5H3. The minimum atomic E-state index is -0.0281. The van der Waals surface area contributed by atoms with Crippen molar-refractivity contribution in [2.45, 2.75) is 27.2 Å². The van der Waals surface area contributed by atoms with Crippen LogP contribution in [0.3, 0.4) is 0 Å². The topological polar surface area (TPSA) is 55.6 Å². The number of carbonyl (C=O) groups is 1. The van der Waals surface area contributed by atoms with E-state index in [-0.39, 0.29) is 12.5 Å². The summed E-state index contributed by atoms with van der Waals surface area (Å²) in [4.78, 5) is 13.1. The number of hydrogen-bond donors (Lipinski definition) is 1. The van der Waals surface area contributed by atoms with Crippen LogP contribution in [-0.2, 0) is 11.2 Å². The largest absolute Gasteiger partial charge is 0.496 e. The lowest BCUT2D eigenvalue weighted by Crippen LogP contribution is -2.34. The third-order valence-electron chi connectivity index (χ3n) is 3.65. The Hall–Kier alpha value is -1.55. The Labute approximate surface area is 115 Å². The molecule has 0 aliphatic heterocycles. The molecule has 106 valence electrons. The van der Waals surface area contributed by atoms with Crippen LogP contribution in [-0.4, -0.2) is 38.1 Å². The van der Waals surface area contributed by atoms with Gasteiger partial charge in [0.25, 0.3) is 0 Å². The fraction of sp³-hybridized carbons (Fsp3) is 0.533. The van der Waals surface area contributed by atoms with Crippen molar-refractivity contribution in [1.82, 2.24) is 4.90 Å². The van der Waals surface area contributed by atoms with Gasteiger partial charge in [-0.25, -0.2) is 0 Å². The van der Waals surface area contributed by atoms with Crippen molar-refractivity contribution in [3.63, 3.8) is 0 Å². The highest BCUT2D eigenvalue weighted by atomic mass is 16.5. The van der Waals surface area contributed by atoms with E-state index in [0.717, 1.165) is 17.7 Å². The van der Waals surface area contributed by atoms with Gasteiger partial charge in [0.1, 0.15) is 5.75 Å². The van der Waals surface area contributed by atoms with E-state index in [1.165, 1.54) is 16.7 Å². The smallest absolute Gasteiger partial charge is 0.236 e. The molecule has 0 saturated carbocycles. The number of benzene rings is 1. The van der Waals surface area contributed by atoms with E-state index in [9.17, 15) is 4.79 Å². The molecule has 4 heteroatoms. The minimum absolute atomic E-state index is 0.0281. The number of amides is 1. The first kappa shape index (κ1) is 15.5. The van der Waals surface area contributed by atoms with Crippen LogP contribution in [0.25, 0.3) is 0 Å². The number of methoxy groups -OCH3 is 1. The van der Waals surface area contributed by atoms with Gasteiger partial charge in [0.05, 0.1) is 13.7 Å². The zero-order valence-corrected chi connectivity index (χ0v) is 12.5. The van der Waals surface area contributed by atoms with Crippen molar-refractivity contribution in [3.8, 4) is 5.75 Å². The SMILES string of the molecule is COc1c(C)cc(CCN(C)C(=O)CN)c(C)c1C. The molecule has 0 saturated heterocycles. The van der Waals surface area contributed by atoms with Crippen LogP contribution in [0.1, 0.15) is 22.3 Å². The molecular weight excluding hydrogens is 240 g/mol. The Morgan fingerprint density at radius 2 is 1.95 bits per heavy atom. The summed E-state index contributed by atoms with van der Waals surface area (Å²) >= 11 is 0. The van der Waals surface area contributed by atoms with Crippen molar-refractivity contribution in [3.05, 3.63) is 28.3 Å². The third-order valence-corrected chi connectivity index (χ3v) is 3.65. The summed E-state index contributed by atoms with van der Waals surface area (Å²) in [5.74, 6) is 0.923. The van der Waals surface area contributed by atoms with Gasteiger partial charge in [-0.15, -0.1) is 0 Å². The Balaban J connectivity index is 2.88. The zero-order chi connectivity index (χ0) is 14.6. The maximum atomic E-state index is 11.4. The summed E-state index contributed by atoms with van der Waals surface area (Å²) in [6.07, 6.45) is 0.833. The average Bonchev–Trinajstić information content (AvgIpc) is 2.40. The molecule has 1 amide bonds. The highest BCUT2D eigenvalue weighted by molar-refractivity contribution is 5.77. The Bertz CT molecular complexity index is 470. The predicted octanol–water partition coefficient (Wildman–Crippen LogP) is 1.58. The molecule has 0 atom stereocenters. The second-order valence-corrected chi connectivity index (χ2v) is 4.91. The second-order valence-electron chi connectivity index (χ2n) is 4.91. The van der Waals surface area contributed by atoms with Gasteiger partial charge >= 0.3 is 0 Å². The molecule has 0 bridgehead atoms. The fourth-order valence-electron chi connectivity index (χ4n) is 2.28. The Morgan fingerprint density at radius 3 is 2.47 bits per heavy atom. The Kier molecular flexibility index (Phi) is 5.36. The van der Waals surface area contributed by atoms with Crippen LogP contribution in [0.4, 0.5) is 0 Å². The van der Waals surface area contributed by atoms with E-state index in [0.29, 0.717) is 6.54 Å². The summed E-state index contributed by atoms with van der Waals surface area (Å²) in [7, 11) is 3.48. The number of nitrogens with two attached hydrogens (primary N) is 1. The number of aryl methyl sites for hydroxylation is 1. The number of nitrogens with zero attached hydrogens (tertiary/aromatic N) is 1. The van der Waals surface area contributed by atoms with Gasteiger partial charge in [0.2, 0.25) is 5.91 Å². The molecule has 0 heterocycles. The molecule has 0 aromatic heterocycles. The van der Waals surface area contributed by atoms with Crippen LogP contribution in [0.15, 0.2) is 6.07 Å². The monoisotopic (exact) mass is 264 g/mol. The number of carbonyl (C=O) groups excluding carboxylic acids is 1. The van der Waals surface area contributed by atoms with E-state index in [1.54, 1.807) is 19.1 Å². The van der Waals surface area contributed by atoms with Crippen LogP contribution < -0.4 is 10.5 Å². The molecule has 4 nitrogen and oxygen atoms in total. The van der Waals surface area contributed by atoms with Crippen molar-refractivity contribution >= 4 is 5.91 Å². The average molecular weight is 264 g/mol. The van der Waals surface area contributed by atoms with Crippen molar-refractivity contribution < 1.29 is 9.53 Å². The lowest BCUT2D eigenvalue weighted by molar-refractivity contribution is -0.128. The lowest BCUT2D eigenvalue weighted by atomic mass is 9.96. The second kappa shape index (κ2) is 6.57. The molecule has 1 aromatic carbocycles. The molecule has 0 spiro atoms. The molecule has 0 fully saturated rings. The van der Waals surface area contributed by atoms with Gasteiger partial charge in [0.15, 0.2) is 0 Å². The minimum Gasteiger partial charge on any atom is -0.496 e. The molecule has 2 N–H and O–H groups in total. The van der Waals surface area contributed by atoms with Gasteiger partial charge in [-0.1, -0.05) is 6.07 Å². The summed E-state index contributed by atoms with van der Waals surface area (Å²) in [5, 5.41) is 0. The third kappa shape index (κ3) is 3.47. The molecule has 19 heavy (non-hydrogen) atoms. The van der Waals surface area contributed by atoms with Crippen molar-refractivity contribution in [2.75, 3.05) is 27.2 Å². The molecule has 0 aliphatic rings. The van der Waals surface area contributed by atoms with Crippen molar-refractivity contribution in [1.29, 1.82) is 0 Å². The maximum Gasteiger partial charge on any atom is 0.236 e. The lowest BCUT2D eigenvalue weighted by Gasteiger charge is -2.19. The van der Waals surface area contributed by atoms with E-state index in [4.69, 9.17) is 10.5 Å². The summed E-state index contributed by atoms with van der Waals surface area (Å²) in [6.45, 7) is 6.96. The molecule has 0 radical (unpaired) electrons. The Morgan fingerprint density at radius 1 is 1.32 bits per heavy atom. The van der Waals surface area contributed by atoms with Crippen LogP contribution in [0.2, 0.25) is 0 Å². The number of rotatable bonds is 5. The van der Waals surface area contributed by atoms with E-state index < -0.39 is 0 Å². The zero-order valence-electron chi connectivity index (χ0n) is 12.5. The number of ether oxygens (including phenoxy) is 1. The number of likely N-dealkylation sites (N-methyl/N-ethyl adjacent to an activating group) is 1. The van der Waals surface area contributed by atoms with Gasteiger partial charge in [-0.05, 0) is 49.4 Å². The van der Waals surface area contributed by atoms with E-state index in [1.807, 2.05) is 6.92 Å². The van der Waals surface area contributed by atoms with Crippen LogP contribution in [0, 0.1) is 20.8 Å². The van der Waals surface area contributed by atoms with Crippen LogP contribution >= 0.6 is 0 Å². The molecule has 1 rings (SSSR count).